The molecule has 0 aliphatic carbocycles. The molecule has 0 spiro atoms. The average Bonchev–Trinajstić information content (AvgIpc) is 2.53. The lowest BCUT2D eigenvalue weighted by molar-refractivity contribution is 0.0948. The van der Waals surface area contributed by atoms with E-state index in [4.69, 9.17) is 0 Å². The van der Waals surface area contributed by atoms with E-state index in [1.165, 1.54) is 11.1 Å². The van der Waals surface area contributed by atoms with Crippen LogP contribution in [0.3, 0.4) is 0 Å². The Morgan fingerprint density at radius 1 is 1.33 bits per heavy atom. The second-order valence-electron chi connectivity index (χ2n) is 5.30. The van der Waals surface area contributed by atoms with Gasteiger partial charge in [-0.2, -0.15) is 0 Å². The molecule has 2 N–H and O–H groups in total. The molecule has 108 valence electrons. The number of aryl methyl sites for hydroxylation is 1. The van der Waals surface area contributed by atoms with E-state index < -0.39 is 0 Å². The first-order valence-corrected chi connectivity index (χ1v) is 7.26. The zero-order valence-electron chi connectivity index (χ0n) is 12.1. The van der Waals surface area contributed by atoms with E-state index in [2.05, 4.69) is 33.8 Å². The van der Waals surface area contributed by atoms with E-state index in [0.717, 1.165) is 18.7 Å². The molecule has 0 bridgehead atoms. The minimum absolute atomic E-state index is 0.0644. The molecule has 2 aromatic rings. The number of carbonyl (C=O) groups excluding carboxylic acids is 1. The van der Waals surface area contributed by atoms with Gasteiger partial charge in [0.05, 0.1) is 5.56 Å². The maximum absolute atomic E-state index is 12.2. The van der Waals surface area contributed by atoms with Crippen LogP contribution in [0.2, 0.25) is 0 Å². The zero-order chi connectivity index (χ0) is 14.7. The number of fused-ring (bicyclic) bond motifs is 1. The molecule has 0 saturated carbocycles. The van der Waals surface area contributed by atoms with Crippen LogP contribution < -0.4 is 10.6 Å². The first kappa shape index (κ1) is 13.8. The summed E-state index contributed by atoms with van der Waals surface area (Å²) in [5, 5.41) is 6.48. The maximum atomic E-state index is 12.2. The van der Waals surface area contributed by atoms with Crippen LogP contribution >= 0.6 is 0 Å². The third-order valence-corrected chi connectivity index (χ3v) is 3.93. The summed E-state index contributed by atoms with van der Waals surface area (Å²) in [5.74, 6) is -0.0644. The molecule has 0 saturated heterocycles. The Morgan fingerprint density at radius 2 is 2.19 bits per heavy atom. The average molecular weight is 281 g/mol. The normalized spacial score (nSPS) is 17.1. The van der Waals surface area contributed by atoms with Crippen LogP contribution in [-0.4, -0.2) is 24.0 Å². The Hall–Kier alpha value is -2.20. The number of rotatable bonds is 3. The molecule has 0 radical (unpaired) electrons. The summed E-state index contributed by atoms with van der Waals surface area (Å²) in [6.07, 6.45) is 2.74. The number of benzene rings is 1. The van der Waals surface area contributed by atoms with Gasteiger partial charge in [-0.1, -0.05) is 24.3 Å². The number of aromatic nitrogens is 1. The molecule has 1 aromatic heterocycles. The lowest BCUT2D eigenvalue weighted by atomic mass is 9.94. The van der Waals surface area contributed by atoms with Crippen molar-refractivity contribution in [1.29, 1.82) is 0 Å². The van der Waals surface area contributed by atoms with Crippen LogP contribution in [0.5, 0.6) is 0 Å². The zero-order valence-corrected chi connectivity index (χ0v) is 12.1. The lowest BCUT2D eigenvalue weighted by Crippen LogP contribution is -2.39. The lowest BCUT2D eigenvalue weighted by Gasteiger charge is -2.27. The fraction of sp³-hybridized carbons (Fsp3) is 0.294. The van der Waals surface area contributed by atoms with Crippen molar-refractivity contribution in [3.8, 4) is 0 Å². The predicted molar refractivity (Wildman–Crippen MR) is 82.2 cm³/mol. The minimum Gasteiger partial charge on any atom is -0.350 e. The van der Waals surface area contributed by atoms with E-state index in [9.17, 15) is 4.79 Å². The molecular weight excluding hydrogens is 262 g/mol. The molecular formula is C17H19N3O. The van der Waals surface area contributed by atoms with E-state index in [-0.39, 0.29) is 11.9 Å². The second-order valence-corrected chi connectivity index (χ2v) is 5.30. The number of carbonyl (C=O) groups is 1. The van der Waals surface area contributed by atoms with Crippen LogP contribution in [0.25, 0.3) is 0 Å². The Bertz CT molecular complexity index is 654. The number of nitrogens with zero attached hydrogens (tertiary/aromatic N) is 1. The Balaban J connectivity index is 1.69. The van der Waals surface area contributed by atoms with Crippen molar-refractivity contribution >= 4 is 5.91 Å². The van der Waals surface area contributed by atoms with Crippen LogP contribution in [0.4, 0.5) is 0 Å². The van der Waals surface area contributed by atoms with E-state index in [0.29, 0.717) is 12.1 Å². The third kappa shape index (κ3) is 2.95. The molecule has 1 atom stereocenters. The summed E-state index contributed by atoms with van der Waals surface area (Å²) in [6, 6.07) is 12.2. The molecule has 2 heterocycles. The van der Waals surface area contributed by atoms with Crippen LogP contribution in [0.15, 0.2) is 42.6 Å². The van der Waals surface area contributed by atoms with Gasteiger partial charge in [-0.05, 0) is 43.1 Å². The van der Waals surface area contributed by atoms with E-state index in [1.807, 2.05) is 13.0 Å². The van der Waals surface area contributed by atoms with Crippen molar-refractivity contribution < 1.29 is 4.79 Å². The summed E-state index contributed by atoms with van der Waals surface area (Å²) in [7, 11) is 0. The van der Waals surface area contributed by atoms with Gasteiger partial charge in [-0.3, -0.25) is 9.78 Å². The van der Waals surface area contributed by atoms with Crippen molar-refractivity contribution in [3.63, 3.8) is 0 Å². The smallest absolute Gasteiger partial charge is 0.253 e. The molecule has 1 amide bonds. The van der Waals surface area contributed by atoms with Gasteiger partial charge in [0, 0.05) is 24.5 Å². The van der Waals surface area contributed by atoms with E-state index >= 15 is 0 Å². The van der Waals surface area contributed by atoms with Gasteiger partial charge in [-0.25, -0.2) is 0 Å². The highest BCUT2D eigenvalue weighted by Crippen LogP contribution is 2.21. The Kier molecular flexibility index (Phi) is 3.97. The van der Waals surface area contributed by atoms with Gasteiger partial charge in [0.15, 0.2) is 0 Å². The highest BCUT2D eigenvalue weighted by molar-refractivity contribution is 5.95. The van der Waals surface area contributed by atoms with Gasteiger partial charge < -0.3 is 10.6 Å². The van der Waals surface area contributed by atoms with Crippen molar-refractivity contribution in [3.05, 3.63) is 65.0 Å². The highest BCUT2D eigenvalue weighted by atomic mass is 16.1. The topological polar surface area (TPSA) is 54.0 Å². The SMILES string of the molecule is Cc1ncccc1C(=O)NCC1NCCc2ccccc21. The standard InChI is InChI=1S/C17H19N3O/c1-12-14(7-4-9-18-12)17(21)20-11-16-15-6-3-2-5-13(15)8-10-19-16/h2-7,9,16,19H,8,10-11H2,1H3,(H,20,21). The van der Waals surface area contributed by atoms with Gasteiger partial charge in [-0.15, -0.1) is 0 Å². The van der Waals surface area contributed by atoms with Crippen molar-refractivity contribution in [2.75, 3.05) is 13.1 Å². The molecule has 1 aliphatic heterocycles. The number of nitrogens with one attached hydrogen (secondary N) is 2. The first-order valence-electron chi connectivity index (χ1n) is 7.26. The quantitative estimate of drug-likeness (QED) is 0.905. The Labute approximate surface area is 124 Å². The fourth-order valence-corrected chi connectivity index (χ4v) is 2.79. The van der Waals surface area contributed by atoms with Gasteiger partial charge in [0.25, 0.3) is 5.91 Å². The third-order valence-electron chi connectivity index (χ3n) is 3.93. The first-order chi connectivity index (χ1) is 10.3. The van der Waals surface area contributed by atoms with Crippen LogP contribution in [-0.2, 0) is 6.42 Å². The van der Waals surface area contributed by atoms with Gasteiger partial charge in [0.1, 0.15) is 0 Å². The van der Waals surface area contributed by atoms with Crippen molar-refractivity contribution in [1.82, 2.24) is 15.6 Å². The molecule has 4 nitrogen and oxygen atoms in total. The number of pyridine rings is 1. The van der Waals surface area contributed by atoms with E-state index in [1.54, 1.807) is 18.3 Å². The highest BCUT2D eigenvalue weighted by Gasteiger charge is 2.20. The summed E-state index contributed by atoms with van der Waals surface area (Å²) < 4.78 is 0. The molecule has 0 fully saturated rings. The molecule has 4 heteroatoms. The number of hydrogen-bond acceptors (Lipinski definition) is 3. The second kappa shape index (κ2) is 6.06. The number of amides is 1. The molecule has 1 aliphatic rings. The monoisotopic (exact) mass is 281 g/mol. The largest absolute Gasteiger partial charge is 0.350 e. The predicted octanol–water partition coefficient (Wildman–Crippen LogP) is 2.01. The fourth-order valence-electron chi connectivity index (χ4n) is 2.79. The van der Waals surface area contributed by atoms with Crippen molar-refractivity contribution in [2.24, 2.45) is 0 Å². The molecule has 21 heavy (non-hydrogen) atoms. The van der Waals surface area contributed by atoms with Crippen molar-refractivity contribution in [2.45, 2.75) is 19.4 Å². The summed E-state index contributed by atoms with van der Waals surface area (Å²) >= 11 is 0. The van der Waals surface area contributed by atoms with Crippen LogP contribution in [0, 0.1) is 6.92 Å². The summed E-state index contributed by atoms with van der Waals surface area (Å²) in [4.78, 5) is 16.4. The molecule has 3 rings (SSSR count). The minimum atomic E-state index is -0.0644. The summed E-state index contributed by atoms with van der Waals surface area (Å²) in [6.45, 7) is 3.39. The van der Waals surface area contributed by atoms with Crippen LogP contribution in [0.1, 0.15) is 33.2 Å². The molecule has 1 unspecified atom stereocenters. The van der Waals surface area contributed by atoms with Gasteiger partial charge in [0.2, 0.25) is 0 Å². The van der Waals surface area contributed by atoms with Gasteiger partial charge >= 0.3 is 0 Å². The number of hydrogen-bond donors (Lipinski definition) is 2. The maximum Gasteiger partial charge on any atom is 0.253 e. The Morgan fingerprint density at radius 3 is 3.05 bits per heavy atom. The summed E-state index contributed by atoms with van der Waals surface area (Å²) in [5.41, 5.74) is 4.05. The molecule has 1 aromatic carbocycles.